The van der Waals surface area contributed by atoms with Gasteiger partial charge in [-0.05, 0) is 53.1 Å². The number of para-hydroxylation sites is 1. The van der Waals surface area contributed by atoms with Crippen LogP contribution in [0.5, 0.6) is 5.75 Å². The van der Waals surface area contributed by atoms with Crippen LogP contribution in [-0.2, 0) is 4.79 Å². The van der Waals surface area contributed by atoms with Crippen LogP contribution in [0.4, 0.5) is 5.69 Å². The van der Waals surface area contributed by atoms with Gasteiger partial charge in [0.1, 0.15) is 5.75 Å². The van der Waals surface area contributed by atoms with Gasteiger partial charge in [-0.15, -0.1) is 0 Å². The number of rotatable bonds is 8. The number of amides is 1. The number of nitro benzene ring substituents is 1. The number of carbonyl (C=O) groups excluding carboxylic acids is 1. The van der Waals surface area contributed by atoms with Crippen molar-refractivity contribution in [2.75, 3.05) is 13.7 Å². The number of carbonyl (C=O) groups is 1. The number of nitrogens with one attached hydrogen (secondary N) is 2. The molecule has 0 radical (unpaired) electrons. The Labute approximate surface area is 190 Å². The third-order valence-corrected chi connectivity index (χ3v) is 5.53. The number of aromatic amines is 1. The number of aromatic nitrogens is 1. The Balaban J connectivity index is 1.52. The Kier molecular flexibility index (Phi) is 6.50. The summed E-state index contributed by atoms with van der Waals surface area (Å²) in [5.41, 5.74) is 3.91. The van der Waals surface area contributed by atoms with Crippen molar-refractivity contribution in [1.29, 1.82) is 0 Å². The molecule has 1 heterocycles. The van der Waals surface area contributed by atoms with E-state index in [9.17, 15) is 14.9 Å². The summed E-state index contributed by atoms with van der Waals surface area (Å²) in [5, 5.41) is 14.9. The fourth-order valence-corrected chi connectivity index (χ4v) is 3.77. The number of ether oxygens (including phenoxy) is 1. The van der Waals surface area contributed by atoms with E-state index in [1.54, 1.807) is 25.3 Å². The van der Waals surface area contributed by atoms with Gasteiger partial charge in [0.05, 0.1) is 12.0 Å². The van der Waals surface area contributed by atoms with Crippen molar-refractivity contribution in [3.8, 4) is 5.75 Å². The Morgan fingerprint density at radius 2 is 1.82 bits per heavy atom. The topological polar surface area (TPSA) is 97.3 Å². The van der Waals surface area contributed by atoms with E-state index in [1.807, 2.05) is 48.7 Å². The molecule has 0 saturated heterocycles. The van der Waals surface area contributed by atoms with Crippen molar-refractivity contribution in [3.05, 3.63) is 112 Å². The fraction of sp³-hybridized carbons (Fsp3) is 0.115. The summed E-state index contributed by atoms with van der Waals surface area (Å²) in [6.45, 7) is 0.400. The molecule has 1 atom stereocenters. The Hall–Kier alpha value is -4.39. The van der Waals surface area contributed by atoms with Gasteiger partial charge in [-0.1, -0.05) is 30.3 Å². The highest BCUT2D eigenvalue weighted by Gasteiger charge is 2.19. The number of nitro groups is 1. The van der Waals surface area contributed by atoms with E-state index >= 15 is 0 Å². The second-order valence-electron chi connectivity index (χ2n) is 7.54. The largest absolute Gasteiger partial charge is 0.497 e. The highest BCUT2D eigenvalue weighted by atomic mass is 16.6. The highest BCUT2D eigenvalue weighted by molar-refractivity contribution is 5.92. The van der Waals surface area contributed by atoms with Crippen LogP contribution in [0.25, 0.3) is 17.0 Å². The van der Waals surface area contributed by atoms with Crippen molar-refractivity contribution in [1.82, 2.24) is 10.3 Å². The number of nitrogens with zero attached hydrogens (tertiary/aromatic N) is 1. The summed E-state index contributed by atoms with van der Waals surface area (Å²) in [6.07, 6.45) is 5.05. The first-order chi connectivity index (χ1) is 16.0. The average Bonchev–Trinajstić information content (AvgIpc) is 3.27. The smallest absolute Gasteiger partial charge is 0.269 e. The quantitative estimate of drug-likeness (QED) is 0.227. The van der Waals surface area contributed by atoms with Gasteiger partial charge in [0.2, 0.25) is 5.91 Å². The maximum Gasteiger partial charge on any atom is 0.269 e. The van der Waals surface area contributed by atoms with Gasteiger partial charge in [0.25, 0.3) is 5.69 Å². The molecule has 4 aromatic rings. The summed E-state index contributed by atoms with van der Waals surface area (Å²) in [7, 11) is 1.63. The summed E-state index contributed by atoms with van der Waals surface area (Å²) >= 11 is 0. The lowest BCUT2D eigenvalue weighted by Gasteiger charge is -2.18. The van der Waals surface area contributed by atoms with Crippen LogP contribution >= 0.6 is 0 Å². The monoisotopic (exact) mass is 441 g/mol. The van der Waals surface area contributed by atoms with Gasteiger partial charge in [-0.25, -0.2) is 0 Å². The van der Waals surface area contributed by atoms with Crippen molar-refractivity contribution >= 4 is 28.6 Å². The van der Waals surface area contributed by atoms with Crippen molar-refractivity contribution in [2.24, 2.45) is 0 Å². The summed E-state index contributed by atoms with van der Waals surface area (Å²) in [5.74, 6) is 0.460. The van der Waals surface area contributed by atoms with Gasteiger partial charge in [-0.3, -0.25) is 14.9 Å². The van der Waals surface area contributed by atoms with E-state index in [0.717, 1.165) is 27.8 Å². The van der Waals surface area contributed by atoms with Gasteiger partial charge in [0, 0.05) is 47.8 Å². The van der Waals surface area contributed by atoms with Gasteiger partial charge in [-0.2, -0.15) is 0 Å². The SMILES string of the molecule is COc1ccc(C(CNC(=O)/C=C/c2ccc([N+](=O)[O-])cc2)c2c[nH]c3ccccc23)cc1. The Bertz CT molecular complexity index is 1290. The first kappa shape index (κ1) is 21.8. The molecular weight excluding hydrogens is 418 g/mol. The third-order valence-electron chi connectivity index (χ3n) is 5.53. The van der Waals surface area contributed by atoms with Gasteiger partial charge < -0.3 is 15.0 Å². The van der Waals surface area contributed by atoms with Crippen molar-refractivity contribution < 1.29 is 14.5 Å². The zero-order valence-corrected chi connectivity index (χ0v) is 18.0. The average molecular weight is 441 g/mol. The molecule has 3 aromatic carbocycles. The summed E-state index contributed by atoms with van der Waals surface area (Å²) < 4.78 is 5.28. The van der Waals surface area contributed by atoms with Crippen LogP contribution in [0, 0.1) is 10.1 Å². The lowest BCUT2D eigenvalue weighted by molar-refractivity contribution is -0.384. The molecule has 0 aliphatic rings. The van der Waals surface area contributed by atoms with Crippen LogP contribution in [0.2, 0.25) is 0 Å². The minimum Gasteiger partial charge on any atom is -0.497 e. The minimum atomic E-state index is -0.454. The predicted octanol–water partition coefficient (Wildman–Crippen LogP) is 5.05. The van der Waals surface area contributed by atoms with E-state index in [2.05, 4.69) is 16.4 Å². The minimum absolute atomic E-state index is 0.0117. The molecular formula is C26H23N3O4. The molecule has 7 heteroatoms. The molecule has 7 nitrogen and oxygen atoms in total. The van der Waals surface area contributed by atoms with E-state index in [1.165, 1.54) is 18.2 Å². The first-order valence-electron chi connectivity index (χ1n) is 10.5. The molecule has 0 saturated carbocycles. The molecule has 0 aliphatic heterocycles. The maximum absolute atomic E-state index is 12.5. The zero-order valence-electron chi connectivity index (χ0n) is 18.0. The molecule has 0 aliphatic carbocycles. The number of non-ortho nitro benzene ring substituents is 1. The maximum atomic E-state index is 12.5. The third kappa shape index (κ3) is 5.10. The molecule has 2 N–H and O–H groups in total. The molecule has 0 bridgehead atoms. The van der Waals surface area contributed by atoms with Gasteiger partial charge >= 0.3 is 0 Å². The van der Waals surface area contributed by atoms with E-state index in [-0.39, 0.29) is 17.5 Å². The number of methoxy groups -OCH3 is 1. The lowest BCUT2D eigenvalue weighted by atomic mass is 9.90. The molecule has 0 fully saturated rings. The molecule has 1 amide bonds. The first-order valence-corrected chi connectivity index (χ1v) is 10.5. The predicted molar refractivity (Wildman–Crippen MR) is 128 cm³/mol. The second kappa shape index (κ2) is 9.82. The standard InChI is InChI=1S/C26H23N3O4/c1-33-21-13-9-19(10-14-21)23(24-17-27-25-5-3-2-4-22(24)25)16-28-26(30)15-8-18-6-11-20(12-7-18)29(31)32/h2-15,17,23,27H,16H2,1H3,(H,28,30)/b15-8+. The number of hydrogen-bond acceptors (Lipinski definition) is 4. The number of fused-ring (bicyclic) bond motifs is 1. The Morgan fingerprint density at radius 3 is 2.52 bits per heavy atom. The number of hydrogen-bond donors (Lipinski definition) is 2. The molecule has 4 rings (SSSR count). The van der Waals surface area contributed by atoms with Crippen molar-refractivity contribution in [3.63, 3.8) is 0 Å². The molecule has 1 unspecified atom stereocenters. The van der Waals surface area contributed by atoms with Crippen LogP contribution in [0.15, 0.2) is 85.1 Å². The molecule has 166 valence electrons. The van der Waals surface area contributed by atoms with E-state index < -0.39 is 4.92 Å². The van der Waals surface area contributed by atoms with E-state index in [0.29, 0.717) is 12.1 Å². The van der Waals surface area contributed by atoms with Crippen LogP contribution < -0.4 is 10.1 Å². The van der Waals surface area contributed by atoms with E-state index in [4.69, 9.17) is 4.74 Å². The van der Waals surface area contributed by atoms with Gasteiger partial charge in [0.15, 0.2) is 0 Å². The van der Waals surface area contributed by atoms with Crippen LogP contribution in [0.3, 0.4) is 0 Å². The fourth-order valence-electron chi connectivity index (χ4n) is 3.77. The molecule has 0 spiro atoms. The zero-order chi connectivity index (χ0) is 23.2. The number of H-pyrrole nitrogens is 1. The lowest BCUT2D eigenvalue weighted by Crippen LogP contribution is -2.27. The summed E-state index contributed by atoms with van der Waals surface area (Å²) in [4.78, 5) is 26.2. The number of benzene rings is 3. The van der Waals surface area contributed by atoms with Crippen molar-refractivity contribution in [2.45, 2.75) is 5.92 Å². The molecule has 1 aromatic heterocycles. The normalized spacial score (nSPS) is 12.0. The Morgan fingerprint density at radius 1 is 1.09 bits per heavy atom. The highest BCUT2D eigenvalue weighted by Crippen LogP contribution is 2.31. The summed E-state index contributed by atoms with van der Waals surface area (Å²) in [6, 6.07) is 21.9. The van der Waals surface area contributed by atoms with Crippen LogP contribution in [0.1, 0.15) is 22.6 Å². The van der Waals surface area contributed by atoms with Crippen LogP contribution in [-0.4, -0.2) is 29.5 Å². The second-order valence-corrected chi connectivity index (χ2v) is 7.54. The molecule has 33 heavy (non-hydrogen) atoms.